The van der Waals surface area contributed by atoms with E-state index >= 15 is 0 Å². The highest BCUT2D eigenvalue weighted by molar-refractivity contribution is 5.82. The molecule has 6 nitrogen and oxygen atoms in total. The number of rotatable bonds is 3. The van der Waals surface area contributed by atoms with Crippen LogP contribution < -0.4 is 11.1 Å². The zero-order chi connectivity index (χ0) is 13.8. The van der Waals surface area contributed by atoms with Gasteiger partial charge in [0.2, 0.25) is 5.95 Å². The van der Waals surface area contributed by atoms with Crippen LogP contribution in [-0.2, 0) is 11.2 Å². The van der Waals surface area contributed by atoms with E-state index in [0.717, 1.165) is 5.56 Å². The first-order chi connectivity index (χ1) is 8.26. The van der Waals surface area contributed by atoms with Crippen LogP contribution in [-0.4, -0.2) is 27.7 Å². The molecule has 0 aliphatic rings. The Hall–Kier alpha value is -1.69. The number of ether oxygens (including phenoxy) is 1. The Morgan fingerprint density at radius 3 is 2.44 bits per heavy atom. The Morgan fingerprint density at radius 1 is 1.44 bits per heavy atom. The lowest BCUT2D eigenvalue weighted by atomic mass is 10.1. The van der Waals surface area contributed by atoms with Crippen LogP contribution >= 0.6 is 0 Å². The second-order valence-electron chi connectivity index (χ2n) is 5.22. The van der Waals surface area contributed by atoms with E-state index in [1.54, 1.807) is 33.2 Å². The van der Waals surface area contributed by atoms with Crippen molar-refractivity contribution in [2.75, 3.05) is 5.32 Å². The van der Waals surface area contributed by atoms with Crippen LogP contribution in [0.25, 0.3) is 0 Å². The Balaban J connectivity index is 2.56. The number of nitrogens with two attached hydrogens (primary N) is 1. The zero-order valence-electron chi connectivity index (χ0n) is 11.2. The van der Waals surface area contributed by atoms with Crippen LogP contribution in [0, 0.1) is 0 Å². The lowest BCUT2D eigenvalue weighted by Crippen LogP contribution is -2.27. The van der Waals surface area contributed by atoms with Crippen molar-refractivity contribution >= 4 is 12.0 Å². The quantitative estimate of drug-likeness (QED) is 0.854. The molecule has 100 valence electrons. The van der Waals surface area contributed by atoms with E-state index in [9.17, 15) is 4.79 Å². The van der Waals surface area contributed by atoms with E-state index in [4.69, 9.17) is 10.5 Å². The zero-order valence-corrected chi connectivity index (χ0v) is 11.2. The number of aromatic nitrogens is 2. The average molecular weight is 252 g/mol. The number of carbonyl (C=O) groups is 1. The van der Waals surface area contributed by atoms with Gasteiger partial charge in [-0.2, -0.15) is 0 Å². The lowest BCUT2D eigenvalue weighted by molar-refractivity contribution is 0.0634. The van der Waals surface area contributed by atoms with Crippen molar-refractivity contribution in [1.82, 2.24) is 9.97 Å². The highest BCUT2D eigenvalue weighted by Gasteiger charge is 2.16. The number of nitrogens with zero attached hydrogens (tertiary/aromatic N) is 2. The van der Waals surface area contributed by atoms with E-state index in [-0.39, 0.29) is 12.0 Å². The fourth-order valence-electron chi connectivity index (χ4n) is 1.29. The maximum Gasteiger partial charge on any atom is 0.414 e. The standard InChI is InChI=1S/C12H20N4O2/c1-8(13)5-9-6-14-10(15-7-9)16-11(17)18-12(2,3)4/h6-8H,5,13H2,1-4H3,(H,14,15,16,17)/t8-/m1/s1. The molecule has 0 saturated carbocycles. The van der Waals surface area contributed by atoms with Crippen LogP contribution in [0.3, 0.4) is 0 Å². The minimum atomic E-state index is -0.567. The molecule has 0 bridgehead atoms. The largest absolute Gasteiger partial charge is 0.444 e. The molecule has 0 aliphatic carbocycles. The third kappa shape index (κ3) is 5.58. The lowest BCUT2D eigenvalue weighted by Gasteiger charge is -2.19. The highest BCUT2D eigenvalue weighted by atomic mass is 16.6. The summed E-state index contributed by atoms with van der Waals surface area (Å²) in [4.78, 5) is 19.5. The Labute approximate surface area is 107 Å². The van der Waals surface area contributed by atoms with Crippen LogP contribution in [0.2, 0.25) is 0 Å². The Kier molecular flexibility index (Phi) is 4.61. The minimum absolute atomic E-state index is 0.0539. The maximum atomic E-state index is 11.5. The first kappa shape index (κ1) is 14.4. The van der Waals surface area contributed by atoms with E-state index in [2.05, 4.69) is 15.3 Å². The third-order valence-corrected chi connectivity index (χ3v) is 1.88. The maximum absolute atomic E-state index is 11.5. The third-order valence-electron chi connectivity index (χ3n) is 1.88. The molecule has 6 heteroatoms. The van der Waals surface area contributed by atoms with Crippen molar-refractivity contribution in [3.8, 4) is 0 Å². The van der Waals surface area contributed by atoms with Crippen molar-refractivity contribution in [1.29, 1.82) is 0 Å². The van der Waals surface area contributed by atoms with Gasteiger partial charge in [0.25, 0.3) is 0 Å². The molecule has 3 N–H and O–H groups in total. The van der Waals surface area contributed by atoms with Crippen LogP contribution in [0.4, 0.5) is 10.7 Å². The summed E-state index contributed by atoms with van der Waals surface area (Å²) >= 11 is 0. The van der Waals surface area contributed by atoms with Gasteiger partial charge in [0, 0.05) is 18.4 Å². The monoisotopic (exact) mass is 252 g/mol. The van der Waals surface area contributed by atoms with Crippen LogP contribution in [0.15, 0.2) is 12.4 Å². The number of amides is 1. The Bertz CT molecular complexity index is 396. The van der Waals surface area contributed by atoms with Gasteiger partial charge < -0.3 is 10.5 Å². The van der Waals surface area contributed by atoms with Crippen molar-refractivity contribution in [2.24, 2.45) is 5.73 Å². The van der Waals surface area contributed by atoms with Gasteiger partial charge >= 0.3 is 6.09 Å². The van der Waals surface area contributed by atoms with Gasteiger partial charge in [-0.25, -0.2) is 14.8 Å². The van der Waals surface area contributed by atoms with E-state index in [1.807, 2.05) is 6.92 Å². The molecule has 1 amide bonds. The molecule has 1 rings (SSSR count). The normalized spacial score (nSPS) is 12.9. The minimum Gasteiger partial charge on any atom is -0.444 e. The summed E-state index contributed by atoms with van der Waals surface area (Å²) in [7, 11) is 0. The van der Waals surface area contributed by atoms with Crippen molar-refractivity contribution in [3.05, 3.63) is 18.0 Å². The number of hydrogen-bond donors (Lipinski definition) is 2. The first-order valence-corrected chi connectivity index (χ1v) is 5.83. The predicted molar refractivity (Wildman–Crippen MR) is 69.2 cm³/mol. The smallest absolute Gasteiger partial charge is 0.414 e. The molecule has 1 aromatic heterocycles. The van der Waals surface area contributed by atoms with Gasteiger partial charge in [0.1, 0.15) is 5.60 Å². The summed E-state index contributed by atoms with van der Waals surface area (Å²) < 4.78 is 5.09. The number of anilines is 1. The van der Waals surface area contributed by atoms with Crippen molar-refractivity contribution in [3.63, 3.8) is 0 Å². The van der Waals surface area contributed by atoms with Gasteiger partial charge in [0.15, 0.2) is 0 Å². The molecule has 0 fully saturated rings. The van der Waals surface area contributed by atoms with Crippen molar-refractivity contribution < 1.29 is 9.53 Å². The van der Waals surface area contributed by atoms with Gasteiger partial charge in [-0.15, -0.1) is 0 Å². The van der Waals surface area contributed by atoms with Crippen LogP contribution in [0.1, 0.15) is 33.3 Å². The summed E-state index contributed by atoms with van der Waals surface area (Å²) in [5.41, 5.74) is 6.05. The molecule has 0 saturated heterocycles. The van der Waals surface area contributed by atoms with E-state index < -0.39 is 11.7 Å². The number of carbonyl (C=O) groups excluding carboxylic acids is 1. The average Bonchev–Trinajstić information content (AvgIpc) is 2.17. The van der Waals surface area contributed by atoms with Crippen LogP contribution in [0.5, 0.6) is 0 Å². The molecule has 0 spiro atoms. The predicted octanol–water partition coefficient (Wildman–Crippen LogP) is 1.71. The second-order valence-corrected chi connectivity index (χ2v) is 5.22. The topological polar surface area (TPSA) is 90.1 Å². The van der Waals surface area contributed by atoms with Gasteiger partial charge in [-0.1, -0.05) is 0 Å². The fourth-order valence-corrected chi connectivity index (χ4v) is 1.29. The summed E-state index contributed by atoms with van der Waals surface area (Å²) in [6, 6.07) is 0.0539. The molecular formula is C12H20N4O2. The summed E-state index contributed by atoms with van der Waals surface area (Å²) in [6.45, 7) is 7.28. The van der Waals surface area contributed by atoms with Crippen molar-refractivity contribution in [2.45, 2.75) is 45.8 Å². The molecule has 0 aliphatic heterocycles. The molecule has 0 aromatic carbocycles. The van der Waals surface area contributed by atoms with Gasteiger partial charge in [0.05, 0.1) is 0 Å². The fraction of sp³-hybridized carbons (Fsp3) is 0.583. The summed E-state index contributed by atoms with van der Waals surface area (Å²) in [5, 5.41) is 2.46. The van der Waals surface area contributed by atoms with Gasteiger partial charge in [-0.3, -0.25) is 5.32 Å². The second kappa shape index (κ2) is 5.77. The summed E-state index contributed by atoms with van der Waals surface area (Å²) in [6.07, 6.45) is 3.42. The van der Waals surface area contributed by atoms with E-state index in [0.29, 0.717) is 6.42 Å². The number of hydrogen-bond acceptors (Lipinski definition) is 5. The molecule has 1 heterocycles. The molecule has 0 unspecified atom stereocenters. The molecule has 1 atom stereocenters. The molecule has 1 aromatic rings. The SMILES string of the molecule is C[C@@H](N)Cc1cnc(NC(=O)OC(C)(C)C)nc1. The van der Waals surface area contributed by atoms with Gasteiger partial charge in [-0.05, 0) is 39.7 Å². The molecule has 18 heavy (non-hydrogen) atoms. The highest BCUT2D eigenvalue weighted by Crippen LogP contribution is 2.09. The number of nitrogens with one attached hydrogen (secondary N) is 1. The first-order valence-electron chi connectivity index (χ1n) is 5.83. The summed E-state index contributed by atoms with van der Waals surface area (Å²) in [5.74, 6) is 0.220. The Morgan fingerprint density at radius 2 is 2.00 bits per heavy atom. The van der Waals surface area contributed by atoms with E-state index in [1.165, 1.54) is 0 Å². The molecule has 0 radical (unpaired) electrons. The molecular weight excluding hydrogens is 232 g/mol.